The van der Waals surface area contributed by atoms with Crippen molar-refractivity contribution in [2.45, 2.75) is 31.5 Å². The van der Waals surface area contributed by atoms with Crippen LogP contribution in [-0.4, -0.2) is 56.4 Å². The molecule has 0 spiro atoms. The molecule has 24 heavy (non-hydrogen) atoms. The fourth-order valence-corrected chi connectivity index (χ4v) is 3.81. The molecule has 0 amide bonds. The highest BCUT2D eigenvalue weighted by molar-refractivity contribution is 5.90. The number of nitrogens with zero attached hydrogens (tertiary/aromatic N) is 2. The van der Waals surface area contributed by atoms with Gasteiger partial charge in [0.1, 0.15) is 6.54 Å². The number of likely N-dealkylation sites (N-methyl/N-ethyl adjacent to an activating group) is 1. The van der Waals surface area contributed by atoms with Gasteiger partial charge in [0.2, 0.25) is 0 Å². The average molecular weight is 342 g/mol. The molecule has 0 bridgehead atoms. The minimum atomic E-state index is -4.25. The standard InChI is InChI=1S/C17H21F3N2O2/c1-3-24-16(23)11-4-5-14-12(8-11)13-9-21(2)7-6-15(13)22(14)10-17(18,19)20/h4-5,8,13,15H,3,6-7,9-10H2,1-2H3/t13-,15+/m0/s1. The number of esters is 1. The average Bonchev–Trinajstić information content (AvgIpc) is 2.79. The Morgan fingerprint density at radius 1 is 1.38 bits per heavy atom. The highest BCUT2D eigenvalue weighted by atomic mass is 19.4. The molecule has 1 aromatic rings. The lowest BCUT2D eigenvalue weighted by Crippen LogP contribution is -2.47. The fraction of sp³-hybridized carbons (Fsp3) is 0.588. The SMILES string of the molecule is CCOC(=O)c1ccc2c(c1)[C@@H]1CN(C)CC[C@H]1N2CC(F)(F)F. The van der Waals surface area contributed by atoms with E-state index >= 15 is 0 Å². The van der Waals surface area contributed by atoms with Gasteiger partial charge in [-0.1, -0.05) is 0 Å². The smallest absolute Gasteiger partial charge is 0.405 e. The third-order valence-electron chi connectivity index (χ3n) is 4.78. The molecule has 132 valence electrons. The van der Waals surface area contributed by atoms with Crippen LogP contribution in [0.25, 0.3) is 0 Å². The largest absolute Gasteiger partial charge is 0.462 e. The van der Waals surface area contributed by atoms with Crippen LogP contribution in [-0.2, 0) is 4.74 Å². The van der Waals surface area contributed by atoms with Crippen LogP contribution in [0.5, 0.6) is 0 Å². The summed E-state index contributed by atoms with van der Waals surface area (Å²) in [5.74, 6) is -0.453. The van der Waals surface area contributed by atoms with Crippen molar-refractivity contribution < 1.29 is 22.7 Å². The summed E-state index contributed by atoms with van der Waals surface area (Å²) in [6.07, 6.45) is -3.57. The first kappa shape index (κ1) is 17.1. The molecule has 0 aromatic heterocycles. The van der Waals surface area contributed by atoms with Crippen LogP contribution in [0.4, 0.5) is 18.9 Å². The Bertz CT molecular complexity index is 633. The van der Waals surface area contributed by atoms with Crippen molar-refractivity contribution in [2.75, 3.05) is 38.2 Å². The Labute approximate surface area is 139 Å². The molecule has 4 nitrogen and oxygen atoms in total. The van der Waals surface area contributed by atoms with Gasteiger partial charge in [-0.2, -0.15) is 13.2 Å². The molecule has 0 N–H and O–H groups in total. The number of hydrogen-bond acceptors (Lipinski definition) is 4. The number of alkyl halides is 3. The van der Waals surface area contributed by atoms with Crippen LogP contribution in [0.1, 0.15) is 35.2 Å². The van der Waals surface area contributed by atoms with E-state index in [0.29, 0.717) is 24.2 Å². The van der Waals surface area contributed by atoms with Gasteiger partial charge in [0.15, 0.2) is 0 Å². The first-order valence-corrected chi connectivity index (χ1v) is 8.13. The Hall–Kier alpha value is -1.76. The molecule has 2 aliphatic heterocycles. The first-order valence-electron chi connectivity index (χ1n) is 8.13. The van der Waals surface area contributed by atoms with Gasteiger partial charge in [-0.25, -0.2) is 4.79 Å². The van der Waals surface area contributed by atoms with Crippen LogP contribution < -0.4 is 4.90 Å². The van der Waals surface area contributed by atoms with Crippen molar-refractivity contribution in [1.82, 2.24) is 4.90 Å². The zero-order chi connectivity index (χ0) is 17.5. The van der Waals surface area contributed by atoms with E-state index in [1.54, 1.807) is 25.1 Å². The van der Waals surface area contributed by atoms with E-state index in [4.69, 9.17) is 4.74 Å². The minimum Gasteiger partial charge on any atom is -0.462 e. The van der Waals surface area contributed by atoms with Gasteiger partial charge in [-0.3, -0.25) is 0 Å². The Kier molecular flexibility index (Phi) is 4.46. The summed E-state index contributed by atoms with van der Waals surface area (Å²) < 4.78 is 44.1. The van der Waals surface area contributed by atoms with Crippen molar-refractivity contribution in [3.8, 4) is 0 Å². The van der Waals surface area contributed by atoms with E-state index in [0.717, 1.165) is 12.1 Å². The summed E-state index contributed by atoms with van der Waals surface area (Å²) in [7, 11) is 1.97. The van der Waals surface area contributed by atoms with Crippen molar-refractivity contribution in [2.24, 2.45) is 0 Å². The van der Waals surface area contributed by atoms with Crippen molar-refractivity contribution >= 4 is 11.7 Å². The van der Waals surface area contributed by atoms with Gasteiger partial charge in [0, 0.05) is 24.2 Å². The lowest BCUT2D eigenvalue weighted by atomic mass is 9.88. The molecule has 1 saturated heterocycles. The summed E-state index contributed by atoms with van der Waals surface area (Å²) >= 11 is 0. The second-order valence-corrected chi connectivity index (χ2v) is 6.46. The van der Waals surface area contributed by atoms with Crippen molar-refractivity contribution in [3.05, 3.63) is 29.3 Å². The normalized spacial score (nSPS) is 23.8. The molecular weight excluding hydrogens is 321 g/mol. The molecule has 2 atom stereocenters. The summed E-state index contributed by atoms with van der Waals surface area (Å²) in [5, 5.41) is 0. The molecule has 2 aliphatic rings. The van der Waals surface area contributed by atoms with E-state index in [1.807, 2.05) is 7.05 Å². The van der Waals surface area contributed by atoms with E-state index in [9.17, 15) is 18.0 Å². The van der Waals surface area contributed by atoms with Gasteiger partial charge in [-0.05, 0) is 50.7 Å². The number of anilines is 1. The molecule has 3 rings (SSSR count). The lowest BCUT2D eigenvalue weighted by Gasteiger charge is -2.37. The topological polar surface area (TPSA) is 32.8 Å². The molecule has 0 unspecified atom stereocenters. The molecular formula is C17H21F3N2O2. The summed E-state index contributed by atoms with van der Waals surface area (Å²) in [4.78, 5) is 15.5. The molecule has 1 aromatic carbocycles. The summed E-state index contributed by atoms with van der Waals surface area (Å²) in [6.45, 7) is 2.50. The van der Waals surface area contributed by atoms with Gasteiger partial charge < -0.3 is 14.5 Å². The Balaban J connectivity index is 1.98. The number of carbonyl (C=O) groups is 1. The van der Waals surface area contributed by atoms with Crippen molar-refractivity contribution in [1.29, 1.82) is 0 Å². The van der Waals surface area contributed by atoms with Gasteiger partial charge in [0.25, 0.3) is 0 Å². The van der Waals surface area contributed by atoms with Crippen LogP contribution >= 0.6 is 0 Å². The number of fused-ring (bicyclic) bond motifs is 3. The van der Waals surface area contributed by atoms with Gasteiger partial charge >= 0.3 is 12.1 Å². The predicted molar refractivity (Wildman–Crippen MR) is 84.4 cm³/mol. The van der Waals surface area contributed by atoms with Gasteiger partial charge in [0.05, 0.1) is 12.2 Å². The van der Waals surface area contributed by atoms with E-state index in [2.05, 4.69) is 4.90 Å². The number of rotatable bonds is 3. The number of hydrogen-bond donors (Lipinski definition) is 0. The highest BCUT2D eigenvalue weighted by Crippen LogP contribution is 2.45. The third kappa shape index (κ3) is 3.22. The van der Waals surface area contributed by atoms with E-state index < -0.39 is 18.7 Å². The first-order chi connectivity index (χ1) is 11.3. The predicted octanol–water partition coefficient (Wildman–Crippen LogP) is 3.03. The molecule has 0 saturated carbocycles. The van der Waals surface area contributed by atoms with Crippen LogP contribution in [0, 0.1) is 0 Å². The lowest BCUT2D eigenvalue weighted by molar-refractivity contribution is -0.120. The Morgan fingerprint density at radius 2 is 2.12 bits per heavy atom. The maximum absolute atomic E-state index is 13.0. The van der Waals surface area contributed by atoms with E-state index in [-0.39, 0.29) is 18.6 Å². The molecule has 2 heterocycles. The number of carbonyl (C=O) groups excluding carboxylic acids is 1. The molecule has 0 radical (unpaired) electrons. The maximum Gasteiger partial charge on any atom is 0.405 e. The van der Waals surface area contributed by atoms with E-state index in [1.165, 1.54) is 4.90 Å². The number of likely N-dealkylation sites (tertiary alicyclic amines) is 1. The molecule has 7 heteroatoms. The second-order valence-electron chi connectivity index (χ2n) is 6.46. The van der Waals surface area contributed by atoms with Crippen LogP contribution in [0.15, 0.2) is 18.2 Å². The number of benzene rings is 1. The minimum absolute atomic E-state index is 0.0181. The zero-order valence-corrected chi connectivity index (χ0v) is 13.8. The molecule has 0 aliphatic carbocycles. The number of halogens is 3. The number of piperidine rings is 1. The quantitative estimate of drug-likeness (QED) is 0.791. The molecule has 1 fully saturated rings. The third-order valence-corrected chi connectivity index (χ3v) is 4.78. The maximum atomic E-state index is 13.0. The van der Waals surface area contributed by atoms with Crippen LogP contribution in [0.3, 0.4) is 0 Å². The fourth-order valence-electron chi connectivity index (χ4n) is 3.81. The summed E-state index contributed by atoms with van der Waals surface area (Å²) in [6, 6.07) is 4.73. The van der Waals surface area contributed by atoms with Gasteiger partial charge in [-0.15, -0.1) is 0 Å². The second kappa shape index (κ2) is 6.27. The monoisotopic (exact) mass is 342 g/mol. The summed E-state index contributed by atoms with van der Waals surface area (Å²) in [5.41, 5.74) is 1.81. The van der Waals surface area contributed by atoms with Crippen molar-refractivity contribution in [3.63, 3.8) is 0 Å². The number of ether oxygens (including phenoxy) is 1. The Morgan fingerprint density at radius 3 is 2.79 bits per heavy atom. The van der Waals surface area contributed by atoms with Crippen LogP contribution in [0.2, 0.25) is 0 Å². The zero-order valence-electron chi connectivity index (χ0n) is 13.8. The highest BCUT2D eigenvalue weighted by Gasteiger charge is 2.45.